The topological polar surface area (TPSA) is 78.8 Å². The fourth-order valence-corrected chi connectivity index (χ4v) is 3.58. The molecule has 0 unspecified atom stereocenters. The first-order valence-corrected chi connectivity index (χ1v) is 8.62. The largest absolute Gasteiger partial charge is 0.435 e. The number of hydrogen-bond donors (Lipinski definition) is 2. The number of alkyl halides is 3. The van der Waals surface area contributed by atoms with Crippen LogP contribution in [-0.2, 0) is 19.1 Å². The van der Waals surface area contributed by atoms with E-state index in [9.17, 15) is 18.0 Å². The van der Waals surface area contributed by atoms with Crippen molar-refractivity contribution in [2.75, 3.05) is 19.6 Å². The first kappa shape index (κ1) is 17.1. The van der Waals surface area contributed by atoms with Crippen molar-refractivity contribution in [2.24, 2.45) is 0 Å². The Labute approximate surface area is 147 Å². The summed E-state index contributed by atoms with van der Waals surface area (Å²) in [6, 6.07) is 0.852. The lowest BCUT2D eigenvalue weighted by Crippen LogP contribution is -2.40. The highest BCUT2D eigenvalue weighted by atomic mass is 19.4. The van der Waals surface area contributed by atoms with E-state index in [0.717, 1.165) is 30.3 Å². The molecule has 7 nitrogen and oxygen atoms in total. The fraction of sp³-hybridized carbons (Fsp3) is 0.562. The number of halogens is 3. The van der Waals surface area contributed by atoms with Gasteiger partial charge in [-0.15, -0.1) is 0 Å². The Balaban J connectivity index is 1.41. The van der Waals surface area contributed by atoms with Gasteiger partial charge >= 0.3 is 6.18 Å². The molecule has 2 N–H and O–H groups in total. The van der Waals surface area contributed by atoms with Gasteiger partial charge in [0.1, 0.15) is 0 Å². The van der Waals surface area contributed by atoms with Crippen LogP contribution in [0.4, 0.5) is 13.2 Å². The van der Waals surface area contributed by atoms with E-state index in [4.69, 9.17) is 0 Å². The number of aromatic amines is 1. The zero-order valence-corrected chi connectivity index (χ0v) is 14.0. The molecule has 0 aromatic carbocycles. The molecule has 1 fully saturated rings. The zero-order valence-electron chi connectivity index (χ0n) is 14.0. The molecule has 0 aliphatic carbocycles. The minimum Gasteiger partial charge on any atom is -0.337 e. The first-order valence-electron chi connectivity index (χ1n) is 8.62. The molecule has 2 aliphatic rings. The lowest BCUT2D eigenvalue weighted by molar-refractivity contribution is -0.141. The van der Waals surface area contributed by atoms with Crippen LogP contribution in [0.1, 0.15) is 46.3 Å². The number of amides is 1. The second-order valence-electron chi connectivity index (χ2n) is 6.66. The van der Waals surface area contributed by atoms with Crippen LogP contribution in [0, 0.1) is 0 Å². The number of aromatic nitrogens is 4. The smallest absolute Gasteiger partial charge is 0.337 e. The van der Waals surface area contributed by atoms with Crippen molar-refractivity contribution in [1.29, 1.82) is 0 Å². The van der Waals surface area contributed by atoms with Gasteiger partial charge in [-0.3, -0.25) is 14.6 Å². The van der Waals surface area contributed by atoms with Crippen LogP contribution >= 0.6 is 0 Å². The number of nitrogens with zero attached hydrogens (tertiary/aromatic N) is 4. The highest BCUT2D eigenvalue weighted by Crippen LogP contribution is 2.30. The summed E-state index contributed by atoms with van der Waals surface area (Å²) in [4.78, 5) is 14.5. The minimum atomic E-state index is -4.44. The monoisotopic (exact) mass is 368 g/mol. The van der Waals surface area contributed by atoms with Crippen molar-refractivity contribution in [2.45, 2.75) is 38.0 Å². The normalized spacial score (nSPS) is 18.8. The Morgan fingerprint density at radius 2 is 2.04 bits per heavy atom. The van der Waals surface area contributed by atoms with Gasteiger partial charge in [0.15, 0.2) is 11.4 Å². The van der Waals surface area contributed by atoms with Crippen molar-refractivity contribution >= 4 is 5.91 Å². The number of fused-ring (bicyclic) bond motifs is 1. The SMILES string of the molecule is O=C(c1n[nH]c2c1CNCC2)N1CCC(n2ccc(C(F)(F)F)n2)CC1. The summed E-state index contributed by atoms with van der Waals surface area (Å²) in [6.45, 7) is 2.43. The van der Waals surface area contributed by atoms with Gasteiger partial charge in [-0.2, -0.15) is 23.4 Å². The molecular weight excluding hydrogens is 349 g/mol. The molecule has 2 aromatic heterocycles. The van der Waals surface area contributed by atoms with Gasteiger partial charge in [-0.1, -0.05) is 0 Å². The first-order chi connectivity index (χ1) is 12.4. The van der Waals surface area contributed by atoms with E-state index in [1.54, 1.807) is 4.90 Å². The number of rotatable bonds is 2. The van der Waals surface area contributed by atoms with Crippen molar-refractivity contribution in [3.8, 4) is 0 Å². The van der Waals surface area contributed by atoms with Gasteiger partial charge < -0.3 is 10.2 Å². The fourth-order valence-electron chi connectivity index (χ4n) is 3.58. The molecule has 0 radical (unpaired) electrons. The summed E-state index contributed by atoms with van der Waals surface area (Å²) in [5.74, 6) is -0.124. The van der Waals surface area contributed by atoms with E-state index >= 15 is 0 Å². The molecule has 0 bridgehead atoms. The minimum absolute atomic E-state index is 0.124. The Kier molecular flexibility index (Phi) is 4.22. The van der Waals surface area contributed by atoms with Crippen LogP contribution in [0.2, 0.25) is 0 Å². The highest BCUT2D eigenvalue weighted by Gasteiger charge is 2.35. The van der Waals surface area contributed by atoms with Gasteiger partial charge in [-0.25, -0.2) is 0 Å². The maximum absolute atomic E-state index is 12.8. The maximum Gasteiger partial charge on any atom is 0.435 e. The average Bonchev–Trinajstić information content (AvgIpc) is 3.28. The molecular formula is C16H19F3N6O. The average molecular weight is 368 g/mol. The molecule has 0 spiro atoms. The number of carbonyl (C=O) groups excluding carboxylic acids is 1. The van der Waals surface area contributed by atoms with Crippen LogP contribution in [0.25, 0.3) is 0 Å². The summed E-state index contributed by atoms with van der Waals surface area (Å²) in [6.07, 6.45) is -1.13. The summed E-state index contributed by atoms with van der Waals surface area (Å²) in [7, 11) is 0. The van der Waals surface area contributed by atoms with Crippen molar-refractivity contribution in [1.82, 2.24) is 30.2 Å². The van der Waals surface area contributed by atoms with Crippen molar-refractivity contribution in [3.05, 3.63) is 34.9 Å². The van der Waals surface area contributed by atoms with E-state index in [0.29, 0.717) is 38.2 Å². The van der Waals surface area contributed by atoms with Crippen molar-refractivity contribution < 1.29 is 18.0 Å². The van der Waals surface area contributed by atoms with E-state index < -0.39 is 11.9 Å². The predicted molar refractivity (Wildman–Crippen MR) is 85.4 cm³/mol. The highest BCUT2D eigenvalue weighted by molar-refractivity contribution is 5.94. The third-order valence-corrected chi connectivity index (χ3v) is 5.03. The third-order valence-electron chi connectivity index (χ3n) is 5.03. The Morgan fingerprint density at radius 1 is 1.27 bits per heavy atom. The van der Waals surface area contributed by atoms with E-state index in [1.807, 2.05) is 0 Å². The van der Waals surface area contributed by atoms with Gasteiger partial charge in [0.05, 0.1) is 6.04 Å². The summed E-state index contributed by atoms with van der Waals surface area (Å²) >= 11 is 0. The molecule has 0 saturated carbocycles. The molecule has 1 amide bonds. The molecule has 10 heteroatoms. The molecule has 0 atom stereocenters. The van der Waals surface area contributed by atoms with Gasteiger partial charge in [0.25, 0.3) is 5.91 Å². The Bertz CT molecular complexity index is 803. The van der Waals surface area contributed by atoms with Gasteiger partial charge in [0, 0.05) is 50.1 Å². The summed E-state index contributed by atoms with van der Waals surface area (Å²) < 4.78 is 39.4. The lowest BCUT2D eigenvalue weighted by atomic mass is 10.0. The molecule has 26 heavy (non-hydrogen) atoms. The maximum atomic E-state index is 12.8. The number of likely N-dealkylation sites (tertiary alicyclic amines) is 1. The number of piperidine rings is 1. The number of H-pyrrole nitrogens is 1. The van der Waals surface area contributed by atoms with Gasteiger partial charge in [0.2, 0.25) is 0 Å². The second-order valence-corrected chi connectivity index (χ2v) is 6.66. The molecule has 140 valence electrons. The Morgan fingerprint density at radius 3 is 2.73 bits per heavy atom. The quantitative estimate of drug-likeness (QED) is 0.847. The summed E-state index contributed by atoms with van der Waals surface area (Å²) in [5, 5.41) is 14.0. The third kappa shape index (κ3) is 3.09. The molecule has 2 aliphatic heterocycles. The van der Waals surface area contributed by atoms with Crippen LogP contribution in [0.15, 0.2) is 12.3 Å². The summed E-state index contributed by atoms with van der Waals surface area (Å²) in [5.41, 5.74) is 1.49. The lowest BCUT2D eigenvalue weighted by Gasteiger charge is -2.32. The van der Waals surface area contributed by atoms with Crippen LogP contribution in [0.5, 0.6) is 0 Å². The Hall–Kier alpha value is -2.36. The molecule has 4 rings (SSSR count). The zero-order chi connectivity index (χ0) is 18.3. The molecule has 4 heterocycles. The second kappa shape index (κ2) is 6.42. The van der Waals surface area contributed by atoms with Crippen LogP contribution in [-0.4, -0.2) is 50.4 Å². The van der Waals surface area contributed by atoms with Crippen LogP contribution in [0.3, 0.4) is 0 Å². The predicted octanol–water partition coefficient (Wildman–Crippen LogP) is 1.75. The van der Waals surface area contributed by atoms with E-state index in [2.05, 4.69) is 20.6 Å². The molecule has 1 saturated heterocycles. The number of hydrogen-bond acceptors (Lipinski definition) is 4. The number of carbonyl (C=O) groups is 1. The van der Waals surface area contributed by atoms with Crippen molar-refractivity contribution in [3.63, 3.8) is 0 Å². The number of nitrogens with one attached hydrogen (secondary N) is 2. The van der Waals surface area contributed by atoms with Gasteiger partial charge in [-0.05, 0) is 18.9 Å². The molecule has 2 aromatic rings. The van der Waals surface area contributed by atoms with E-state index in [1.165, 1.54) is 10.9 Å². The standard InChI is InChI=1S/C16H19F3N6O/c17-16(18,19)13-4-8-25(23-13)10-2-6-24(7-3-10)15(26)14-11-9-20-5-1-12(11)21-22-14/h4,8,10,20H,1-3,5-7,9H2,(H,21,22). The van der Waals surface area contributed by atoms with Crippen LogP contribution < -0.4 is 5.32 Å². The van der Waals surface area contributed by atoms with E-state index in [-0.39, 0.29) is 11.9 Å².